The topological polar surface area (TPSA) is 22.1 Å². The quantitative estimate of drug-likeness (QED) is 0.803. The van der Waals surface area contributed by atoms with E-state index in [1.165, 1.54) is 19.4 Å². The Morgan fingerprint density at radius 2 is 1.71 bits per heavy atom. The van der Waals surface area contributed by atoms with Gasteiger partial charge in [-0.25, -0.2) is 13.2 Å². The van der Waals surface area contributed by atoms with Crippen molar-refractivity contribution in [3.05, 3.63) is 47.9 Å². The summed E-state index contributed by atoms with van der Waals surface area (Å²) in [7, 11) is 1.29. The molecule has 1 aromatic carbocycles. The second kappa shape index (κ2) is 4.45. The first-order valence-corrected chi connectivity index (χ1v) is 4.77. The molecule has 0 spiro atoms. The van der Waals surface area contributed by atoms with E-state index >= 15 is 0 Å². The summed E-state index contributed by atoms with van der Waals surface area (Å²) < 4.78 is 45.4. The van der Waals surface area contributed by atoms with Gasteiger partial charge in [0.2, 0.25) is 0 Å². The summed E-state index contributed by atoms with van der Waals surface area (Å²) >= 11 is 0. The highest BCUT2D eigenvalue weighted by Crippen LogP contribution is 2.29. The maximum Gasteiger partial charge on any atom is 0.149 e. The summed E-state index contributed by atoms with van der Waals surface area (Å²) in [5.74, 6) is -2.59. The number of halogens is 3. The normalized spacial score (nSPS) is 10.4. The Kier molecular flexibility index (Phi) is 2.99. The minimum Gasteiger partial charge on any atom is -0.497 e. The van der Waals surface area contributed by atoms with Crippen LogP contribution in [0.1, 0.15) is 0 Å². The molecular formula is C12H8F3NO. The lowest BCUT2D eigenvalue weighted by atomic mass is 10.1. The van der Waals surface area contributed by atoms with Gasteiger partial charge in [-0.1, -0.05) is 0 Å². The molecule has 0 atom stereocenters. The fraction of sp³-hybridized carbons (Fsp3) is 0.0833. The molecule has 0 amide bonds. The SMILES string of the molecule is COc1cc(F)c(-c2ncccc2F)c(F)c1. The van der Waals surface area contributed by atoms with E-state index in [1.807, 2.05) is 0 Å². The number of hydrogen-bond acceptors (Lipinski definition) is 2. The first-order chi connectivity index (χ1) is 8.13. The lowest BCUT2D eigenvalue weighted by molar-refractivity contribution is 0.407. The molecule has 88 valence electrons. The summed E-state index contributed by atoms with van der Waals surface area (Å²) in [4.78, 5) is 3.63. The molecule has 2 rings (SSSR count). The van der Waals surface area contributed by atoms with Gasteiger partial charge in [-0.2, -0.15) is 0 Å². The molecule has 2 aromatic rings. The van der Waals surface area contributed by atoms with Gasteiger partial charge < -0.3 is 4.74 Å². The predicted octanol–water partition coefficient (Wildman–Crippen LogP) is 3.17. The molecule has 2 nitrogen and oxygen atoms in total. The van der Waals surface area contributed by atoms with Crippen LogP contribution in [0.15, 0.2) is 30.5 Å². The standard InChI is InChI=1S/C12H8F3NO/c1-17-7-5-9(14)11(10(15)6-7)12-8(13)3-2-4-16-12/h2-6H,1H3. The second-order valence-electron chi connectivity index (χ2n) is 3.30. The van der Waals surface area contributed by atoms with E-state index in [1.54, 1.807) is 0 Å². The van der Waals surface area contributed by atoms with Crippen LogP contribution in [0, 0.1) is 17.5 Å². The van der Waals surface area contributed by atoms with Crippen LogP contribution in [0.2, 0.25) is 0 Å². The molecule has 0 bridgehead atoms. The van der Waals surface area contributed by atoms with Crippen LogP contribution in [0.25, 0.3) is 11.3 Å². The van der Waals surface area contributed by atoms with E-state index in [0.717, 1.165) is 18.2 Å². The van der Waals surface area contributed by atoms with Gasteiger partial charge in [-0.15, -0.1) is 0 Å². The van der Waals surface area contributed by atoms with Crippen LogP contribution in [0.3, 0.4) is 0 Å². The number of benzene rings is 1. The number of nitrogens with zero attached hydrogens (tertiary/aromatic N) is 1. The Balaban J connectivity index is 2.64. The van der Waals surface area contributed by atoms with Gasteiger partial charge in [0, 0.05) is 18.3 Å². The molecule has 17 heavy (non-hydrogen) atoms. The van der Waals surface area contributed by atoms with Gasteiger partial charge in [0.1, 0.15) is 28.9 Å². The van der Waals surface area contributed by atoms with E-state index in [9.17, 15) is 13.2 Å². The zero-order chi connectivity index (χ0) is 12.4. The lowest BCUT2D eigenvalue weighted by Gasteiger charge is -2.07. The van der Waals surface area contributed by atoms with Crippen molar-refractivity contribution in [1.29, 1.82) is 0 Å². The van der Waals surface area contributed by atoms with E-state index < -0.39 is 23.0 Å². The third-order valence-corrected chi connectivity index (χ3v) is 2.25. The summed E-state index contributed by atoms with van der Waals surface area (Å²) in [6, 6.07) is 4.39. The average molecular weight is 239 g/mol. The first kappa shape index (κ1) is 11.4. The van der Waals surface area contributed by atoms with Crippen molar-refractivity contribution in [2.45, 2.75) is 0 Å². The van der Waals surface area contributed by atoms with Gasteiger partial charge in [0.05, 0.1) is 12.7 Å². The van der Waals surface area contributed by atoms with Crippen LogP contribution in [0.5, 0.6) is 5.75 Å². The van der Waals surface area contributed by atoms with Crippen molar-refractivity contribution in [2.75, 3.05) is 7.11 Å². The van der Waals surface area contributed by atoms with Gasteiger partial charge in [0.15, 0.2) is 0 Å². The Morgan fingerprint density at radius 3 is 2.24 bits per heavy atom. The number of ether oxygens (including phenoxy) is 1. The fourth-order valence-electron chi connectivity index (χ4n) is 1.46. The van der Waals surface area contributed by atoms with E-state index in [4.69, 9.17) is 4.74 Å². The average Bonchev–Trinajstić information content (AvgIpc) is 2.30. The van der Waals surface area contributed by atoms with E-state index in [-0.39, 0.29) is 11.4 Å². The monoisotopic (exact) mass is 239 g/mol. The second-order valence-corrected chi connectivity index (χ2v) is 3.30. The molecule has 1 aromatic heterocycles. The third kappa shape index (κ3) is 2.08. The molecule has 0 aliphatic heterocycles. The summed E-state index contributed by atoms with van der Waals surface area (Å²) in [5, 5.41) is 0. The molecule has 1 heterocycles. The number of methoxy groups -OCH3 is 1. The molecule has 0 saturated heterocycles. The highest BCUT2D eigenvalue weighted by molar-refractivity contribution is 5.62. The van der Waals surface area contributed by atoms with Crippen molar-refractivity contribution in [3.63, 3.8) is 0 Å². The zero-order valence-corrected chi connectivity index (χ0v) is 8.88. The minimum atomic E-state index is -0.917. The number of pyridine rings is 1. The van der Waals surface area contributed by atoms with E-state index in [2.05, 4.69) is 4.98 Å². The largest absolute Gasteiger partial charge is 0.497 e. The minimum absolute atomic E-state index is 0.0279. The molecule has 0 fully saturated rings. The molecule has 0 aliphatic rings. The van der Waals surface area contributed by atoms with Crippen molar-refractivity contribution < 1.29 is 17.9 Å². The molecule has 0 radical (unpaired) electrons. The summed E-state index contributed by atoms with van der Waals surface area (Å²) in [6.07, 6.45) is 1.27. The summed E-state index contributed by atoms with van der Waals surface area (Å²) in [6.45, 7) is 0. The van der Waals surface area contributed by atoms with Crippen LogP contribution < -0.4 is 4.74 Å². The highest BCUT2D eigenvalue weighted by atomic mass is 19.1. The van der Waals surface area contributed by atoms with Crippen molar-refractivity contribution in [1.82, 2.24) is 4.98 Å². The van der Waals surface area contributed by atoms with Gasteiger partial charge in [-0.05, 0) is 12.1 Å². The fourth-order valence-corrected chi connectivity index (χ4v) is 1.46. The first-order valence-electron chi connectivity index (χ1n) is 4.77. The van der Waals surface area contributed by atoms with Crippen molar-refractivity contribution in [2.24, 2.45) is 0 Å². The Morgan fingerprint density at radius 1 is 1.06 bits per heavy atom. The van der Waals surface area contributed by atoms with Crippen molar-refractivity contribution in [3.8, 4) is 17.0 Å². The van der Waals surface area contributed by atoms with Crippen molar-refractivity contribution >= 4 is 0 Å². The smallest absolute Gasteiger partial charge is 0.149 e. The maximum absolute atomic E-state index is 13.6. The number of aromatic nitrogens is 1. The van der Waals surface area contributed by atoms with Crippen LogP contribution in [0.4, 0.5) is 13.2 Å². The third-order valence-electron chi connectivity index (χ3n) is 2.25. The van der Waals surface area contributed by atoms with E-state index in [0.29, 0.717) is 0 Å². The van der Waals surface area contributed by atoms with Crippen LogP contribution in [-0.2, 0) is 0 Å². The lowest BCUT2D eigenvalue weighted by Crippen LogP contribution is -1.97. The number of rotatable bonds is 2. The van der Waals surface area contributed by atoms with Gasteiger partial charge in [-0.3, -0.25) is 4.98 Å². The maximum atomic E-state index is 13.6. The predicted molar refractivity (Wildman–Crippen MR) is 56.1 cm³/mol. The molecule has 0 saturated carbocycles. The van der Waals surface area contributed by atoms with Gasteiger partial charge >= 0.3 is 0 Å². The Hall–Kier alpha value is -2.04. The highest BCUT2D eigenvalue weighted by Gasteiger charge is 2.17. The van der Waals surface area contributed by atoms with Crippen LogP contribution >= 0.6 is 0 Å². The Labute approximate surface area is 95.7 Å². The molecule has 0 unspecified atom stereocenters. The molecular weight excluding hydrogens is 231 g/mol. The van der Waals surface area contributed by atoms with Gasteiger partial charge in [0.25, 0.3) is 0 Å². The Bertz CT molecular complexity index is 534. The zero-order valence-electron chi connectivity index (χ0n) is 8.88. The molecule has 0 N–H and O–H groups in total. The molecule has 0 aliphatic carbocycles. The number of hydrogen-bond donors (Lipinski definition) is 0. The molecule has 5 heteroatoms. The van der Waals surface area contributed by atoms with Crippen LogP contribution in [-0.4, -0.2) is 12.1 Å². The summed E-state index contributed by atoms with van der Waals surface area (Å²) in [5.41, 5.74) is -0.853.